The van der Waals surface area contributed by atoms with E-state index in [1.165, 1.54) is 0 Å². The molecule has 0 fully saturated rings. The monoisotopic (exact) mass is 436 g/mol. The second-order valence-electron chi connectivity index (χ2n) is 4.74. The molecule has 0 saturated carbocycles. The van der Waals surface area contributed by atoms with E-state index in [1.54, 1.807) is 26.6 Å². The number of phenolic OH excluding ortho intramolecular Hbond substituents is 1. The first-order valence-electron chi connectivity index (χ1n) is 6.74. The third-order valence-corrected chi connectivity index (χ3v) is 6.58. The Hall–Kier alpha value is -1.78. The number of hydrogen-bond donors (Lipinski definition) is 1. The average molecular weight is 437 g/mol. The van der Waals surface area contributed by atoms with E-state index in [1.807, 2.05) is 24.3 Å². The summed E-state index contributed by atoms with van der Waals surface area (Å²) in [4.78, 5) is 8.78. The van der Waals surface area contributed by atoms with Crippen LogP contribution in [0.25, 0.3) is 10.9 Å². The Labute approximate surface area is 148 Å². The van der Waals surface area contributed by atoms with Gasteiger partial charge in [0.15, 0.2) is 0 Å². The zero-order valence-corrected chi connectivity index (χ0v) is 16.2. The third-order valence-electron chi connectivity index (χ3n) is 3.35. The number of aromatic nitrogens is 2. The fourth-order valence-electron chi connectivity index (χ4n) is 2.20. The Kier molecular flexibility index (Phi) is 4.73. The van der Waals surface area contributed by atoms with E-state index in [4.69, 9.17) is 9.47 Å². The number of aromatic hydroxyl groups is 1. The van der Waals surface area contributed by atoms with Gasteiger partial charge in [0.25, 0.3) is 0 Å². The first-order valence-corrected chi connectivity index (χ1v) is 9.63. The van der Waals surface area contributed by atoms with Gasteiger partial charge in [0.05, 0.1) is 0 Å². The Morgan fingerprint density at radius 3 is 2.48 bits per heavy atom. The maximum atomic E-state index is 9.62. The van der Waals surface area contributed by atoms with Gasteiger partial charge in [0.2, 0.25) is 0 Å². The first-order chi connectivity index (χ1) is 11.1. The molecule has 1 atom stereocenters. The molecule has 1 unspecified atom stereocenters. The molecule has 5 nitrogen and oxygen atoms in total. The van der Waals surface area contributed by atoms with Crippen LogP contribution in [-0.4, -0.2) is 45.0 Å². The number of fused-ring (bicyclic) bond motifs is 1. The molecule has 118 valence electrons. The molecule has 0 aliphatic carbocycles. The molecule has 0 bridgehead atoms. The van der Waals surface area contributed by atoms with Crippen molar-refractivity contribution in [2.75, 3.05) is 14.2 Å². The van der Waals surface area contributed by atoms with Crippen molar-refractivity contribution in [1.29, 1.82) is 0 Å². The summed E-state index contributed by atoms with van der Waals surface area (Å²) in [6, 6.07) is 9.33. The second kappa shape index (κ2) is 6.77. The molecule has 0 aliphatic rings. The Bertz CT molecular complexity index is 873. The zero-order chi connectivity index (χ0) is 16.4. The molecule has 3 rings (SSSR count). The molecule has 1 heterocycles. The Morgan fingerprint density at radius 1 is 1.04 bits per heavy atom. The first kappa shape index (κ1) is 16.1. The van der Waals surface area contributed by atoms with E-state index in [0.29, 0.717) is 16.0 Å². The summed E-state index contributed by atoms with van der Waals surface area (Å²) < 4.78 is 13.6. The van der Waals surface area contributed by atoms with Gasteiger partial charge in [0, 0.05) is 0 Å². The third kappa shape index (κ3) is 3.28. The molecule has 0 amide bonds. The van der Waals surface area contributed by atoms with Gasteiger partial charge in [-0.2, -0.15) is 0 Å². The van der Waals surface area contributed by atoms with Gasteiger partial charge in [-0.1, -0.05) is 0 Å². The van der Waals surface area contributed by atoms with E-state index in [9.17, 15) is 5.11 Å². The van der Waals surface area contributed by atoms with E-state index in [-0.39, 0.29) is 5.75 Å². The van der Waals surface area contributed by atoms with Crippen molar-refractivity contribution in [3.8, 4) is 17.2 Å². The van der Waals surface area contributed by atoms with E-state index < -0.39 is 15.8 Å². The predicted octanol–water partition coefficient (Wildman–Crippen LogP) is 1.50. The van der Waals surface area contributed by atoms with Crippen LogP contribution in [0.5, 0.6) is 17.2 Å². The van der Waals surface area contributed by atoms with E-state index >= 15 is 0 Å². The van der Waals surface area contributed by atoms with Crippen molar-refractivity contribution in [3.63, 3.8) is 0 Å². The van der Waals surface area contributed by atoms with Gasteiger partial charge >= 0.3 is 149 Å². The fraction of sp³-hybridized carbons (Fsp3) is 0.125. The topological polar surface area (TPSA) is 64.5 Å². The summed E-state index contributed by atoms with van der Waals surface area (Å²) in [6.45, 7) is 0. The van der Waals surface area contributed by atoms with Crippen molar-refractivity contribution < 1.29 is 14.6 Å². The van der Waals surface area contributed by atoms with Gasteiger partial charge in [-0.15, -0.1) is 0 Å². The quantitative estimate of drug-likeness (QED) is 0.628. The van der Waals surface area contributed by atoms with Crippen molar-refractivity contribution in [2.45, 2.75) is 0 Å². The standard InChI is InChI=1S/C16H14AsBrN2O3/c1-22-14-6-10-12(7-15(14)23-2)19-8-20-16(10)17-9-3-4-13(21)11(18)5-9/h3-8,17,21H,1-2H3. The van der Waals surface area contributed by atoms with Gasteiger partial charge in [-0.3, -0.25) is 0 Å². The number of phenols is 1. The molecule has 0 saturated heterocycles. The van der Waals surface area contributed by atoms with Gasteiger partial charge in [-0.25, -0.2) is 0 Å². The number of halogens is 1. The summed E-state index contributed by atoms with van der Waals surface area (Å²) in [5, 5.41) is 10.6. The van der Waals surface area contributed by atoms with Crippen LogP contribution >= 0.6 is 15.9 Å². The molecule has 2 aromatic carbocycles. The van der Waals surface area contributed by atoms with Crippen molar-refractivity contribution in [2.24, 2.45) is 0 Å². The van der Waals surface area contributed by atoms with Crippen LogP contribution in [0.1, 0.15) is 0 Å². The summed E-state index contributed by atoms with van der Waals surface area (Å²) in [6.07, 6.45) is 1.57. The maximum absolute atomic E-state index is 9.62. The zero-order valence-electron chi connectivity index (χ0n) is 12.5. The molecular formula is C16H14AsBrN2O3. The SMILES string of the molecule is COc1cc2ncnc([AsH]c3ccc(O)c(Br)c3)c2cc1OC. The van der Waals surface area contributed by atoms with Crippen LogP contribution < -0.4 is 18.3 Å². The van der Waals surface area contributed by atoms with Gasteiger partial charge < -0.3 is 0 Å². The number of rotatable bonds is 4. The normalized spacial score (nSPS) is 11.3. The van der Waals surface area contributed by atoms with Crippen LogP contribution in [0.4, 0.5) is 0 Å². The molecule has 7 heteroatoms. The number of methoxy groups -OCH3 is 2. The molecule has 0 radical (unpaired) electrons. The van der Waals surface area contributed by atoms with E-state index in [0.717, 1.165) is 19.7 Å². The molecule has 1 N–H and O–H groups in total. The summed E-state index contributed by atoms with van der Waals surface area (Å²) >= 11 is 2.67. The summed E-state index contributed by atoms with van der Waals surface area (Å²) in [5.74, 6) is 1.55. The number of hydrogen-bond acceptors (Lipinski definition) is 5. The summed E-state index contributed by atoms with van der Waals surface area (Å²) in [7, 11) is 3.22. The molecule has 0 aliphatic heterocycles. The number of benzene rings is 2. The molecular weight excluding hydrogens is 423 g/mol. The van der Waals surface area contributed by atoms with E-state index in [2.05, 4.69) is 25.9 Å². The van der Waals surface area contributed by atoms with Crippen molar-refractivity contribution in [3.05, 3.63) is 41.1 Å². The van der Waals surface area contributed by atoms with Crippen LogP contribution in [-0.2, 0) is 0 Å². The van der Waals surface area contributed by atoms with Crippen LogP contribution in [0.2, 0.25) is 0 Å². The van der Waals surface area contributed by atoms with Crippen LogP contribution in [0.15, 0.2) is 41.1 Å². The predicted molar refractivity (Wildman–Crippen MR) is 94.9 cm³/mol. The Balaban J connectivity index is 2.08. The Morgan fingerprint density at radius 2 is 1.78 bits per heavy atom. The minimum absolute atomic E-state index is 0.235. The molecule has 23 heavy (non-hydrogen) atoms. The van der Waals surface area contributed by atoms with Crippen LogP contribution in [0.3, 0.4) is 0 Å². The second-order valence-corrected chi connectivity index (χ2v) is 8.32. The van der Waals surface area contributed by atoms with Crippen molar-refractivity contribution in [1.82, 2.24) is 9.97 Å². The van der Waals surface area contributed by atoms with Gasteiger partial charge in [-0.05, 0) is 0 Å². The number of nitrogens with zero attached hydrogens (tertiary/aromatic N) is 2. The average Bonchev–Trinajstić information content (AvgIpc) is 2.57. The molecule has 3 aromatic rings. The molecule has 0 spiro atoms. The van der Waals surface area contributed by atoms with Crippen LogP contribution in [0, 0.1) is 0 Å². The number of ether oxygens (including phenoxy) is 2. The van der Waals surface area contributed by atoms with Crippen molar-refractivity contribution >= 4 is 51.4 Å². The summed E-state index contributed by atoms with van der Waals surface area (Å²) in [5.41, 5.74) is 0.828. The fourth-order valence-corrected chi connectivity index (χ4v) is 5.36. The molecule has 1 aromatic heterocycles. The minimum atomic E-state index is -0.680. The van der Waals surface area contributed by atoms with Gasteiger partial charge in [0.1, 0.15) is 0 Å².